The summed E-state index contributed by atoms with van der Waals surface area (Å²) >= 11 is 1.37. The number of benzene rings is 1. The molecule has 2 aromatic rings. The minimum atomic E-state index is -1.46. The van der Waals surface area contributed by atoms with Crippen LogP contribution in [0.1, 0.15) is 31.2 Å². The Labute approximate surface area is 205 Å². The van der Waals surface area contributed by atoms with Crippen molar-refractivity contribution in [2.75, 3.05) is 6.61 Å². The van der Waals surface area contributed by atoms with Gasteiger partial charge < -0.3 is 33.9 Å². The topological polar surface area (TPSA) is 138 Å². The molecule has 1 aromatic carbocycles. The van der Waals surface area contributed by atoms with E-state index in [2.05, 4.69) is 0 Å². The van der Waals surface area contributed by atoms with E-state index < -0.39 is 48.6 Å². The molecule has 1 saturated heterocycles. The van der Waals surface area contributed by atoms with Crippen LogP contribution in [0.5, 0.6) is 11.5 Å². The number of carbonyl (C=O) groups excluding carboxylic acids is 3. The quantitative estimate of drug-likeness (QED) is 0.406. The third-order valence-corrected chi connectivity index (χ3v) is 5.76. The van der Waals surface area contributed by atoms with E-state index in [1.807, 2.05) is 6.08 Å². The van der Waals surface area contributed by atoms with E-state index in [-0.39, 0.29) is 12.4 Å². The van der Waals surface area contributed by atoms with Crippen LogP contribution in [0.4, 0.5) is 0 Å². The Morgan fingerprint density at radius 3 is 2.26 bits per heavy atom. The van der Waals surface area contributed by atoms with E-state index in [0.29, 0.717) is 10.6 Å². The van der Waals surface area contributed by atoms with E-state index in [0.717, 1.165) is 19.4 Å². The number of rotatable bonds is 8. The van der Waals surface area contributed by atoms with E-state index in [4.69, 9.17) is 23.7 Å². The number of hydrogen-bond donors (Lipinski definition) is 2. The van der Waals surface area contributed by atoms with Crippen LogP contribution >= 0.6 is 11.3 Å². The zero-order valence-electron chi connectivity index (χ0n) is 19.3. The van der Waals surface area contributed by atoms with Crippen LogP contribution < -0.4 is 4.74 Å². The lowest BCUT2D eigenvalue weighted by Crippen LogP contribution is -2.62. The monoisotopic (exact) mass is 506 g/mol. The zero-order valence-corrected chi connectivity index (χ0v) is 20.1. The van der Waals surface area contributed by atoms with Crippen LogP contribution in [0.25, 0.3) is 12.2 Å². The maximum Gasteiger partial charge on any atom is 0.303 e. The molecule has 0 radical (unpaired) electrons. The lowest BCUT2D eigenvalue weighted by atomic mass is 9.98. The van der Waals surface area contributed by atoms with Gasteiger partial charge in [-0.3, -0.25) is 14.4 Å². The number of carbonyl (C=O) groups is 3. The van der Waals surface area contributed by atoms with Crippen molar-refractivity contribution in [1.82, 2.24) is 0 Å². The van der Waals surface area contributed by atoms with Gasteiger partial charge in [-0.25, -0.2) is 0 Å². The smallest absolute Gasteiger partial charge is 0.303 e. The predicted octanol–water partition coefficient (Wildman–Crippen LogP) is 2.52. The Hall–Kier alpha value is -3.41. The Morgan fingerprint density at radius 2 is 1.63 bits per heavy atom. The molecule has 1 aliphatic heterocycles. The van der Waals surface area contributed by atoms with Gasteiger partial charge in [0, 0.05) is 20.8 Å². The number of aromatic hydroxyl groups is 1. The molecule has 0 bridgehead atoms. The van der Waals surface area contributed by atoms with Gasteiger partial charge in [0.2, 0.25) is 12.4 Å². The number of esters is 3. The summed E-state index contributed by atoms with van der Waals surface area (Å²) in [6.45, 7) is 3.18. The maximum absolute atomic E-state index is 11.8. The van der Waals surface area contributed by atoms with Crippen LogP contribution in [0.15, 0.2) is 35.7 Å². The van der Waals surface area contributed by atoms with Crippen molar-refractivity contribution in [1.29, 1.82) is 0 Å². The fraction of sp³-hybridized carbons (Fsp3) is 0.375. The van der Waals surface area contributed by atoms with Crippen molar-refractivity contribution >= 4 is 41.4 Å². The second kappa shape index (κ2) is 11.8. The fourth-order valence-corrected chi connectivity index (χ4v) is 4.09. The highest BCUT2D eigenvalue weighted by Gasteiger charge is 2.51. The molecule has 11 heteroatoms. The van der Waals surface area contributed by atoms with Crippen molar-refractivity contribution in [2.45, 2.75) is 51.5 Å². The highest BCUT2D eigenvalue weighted by Crippen LogP contribution is 2.33. The van der Waals surface area contributed by atoms with Crippen molar-refractivity contribution in [3.63, 3.8) is 0 Å². The average Bonchev–Trinajstić information content (AvgIpc) is 3.23. The normalized spacial score (nSPS) is 24.1. The minimum Gasteiger partial charge on any atom is -0.508 e. The number of aliphatic hydroxyl groups is 1. The number of ether oxygens (including phenoxy) is 5. The van der Waals surface area contributed by atoms with Gasteiger partial charge in [0.05, 0.1) is 4.88 Å². The first-order chi connectivity index (χ1) is 16.6. The molecule has 0 amide bonds. The van der Waals surface area contributed by atoms with Gasteiger partial charge in [0.25, 0.3) is 0 Å². The highest BCUT2D eigenvalue weighted by molar-refractivity contribution is 7.11. The van der Waals surface area contributed by atoms with Crippen molar-refractivity contribution in [3.8, 4) is 11.5 Å². The highest BCUT2D eigenvalue weighted by atomic mass is 32.1. The maximum atomic E-state index is 11.8. The molecule has 1 aromatic heterocycles. The molecule has 1 fully saturated rings. The van der Waals surface area contributed by atoms with Gasteiger partial charge in [-0.2, -0.15) is 0 Å². The number of phenols is 1. The summed E-state index contributed by atoms with van der Waals surface area (Å²) < 4.78 is 27.4. The van der Waals surface area contributed by atoms with Crippen LogP contribution in [0.2, 0.25) is 0 Å². The standard InChI is InChI=1S/C24H26O10S/c1-13(25)30-12-19-21(29)22(31-14(2)26)23(32-15(3)27)24(34-19)33-18-10-11-35-20(18)9-6-16-4-7-17(28)8-5-16/h4-11,19,21-24,28-29H,12H2,1-3H3/b9-6+. The van der Waals surface area contributed by atoms with Gasteiger partial charge in [0.15, 0.2) is 6.10 Å². The Balaban J connectivity index is 1.87. The van der Waals surface area contributed by atoms with E-state index >= 15 is 0 Å². The van der Waals surface area contributed by atoms with E-state index in [1.54, 1.807) is 41.8 Å². The molecule has 1 aliphatic rings. The van der Waals surface area contributed by atoms with Gasteiger partial charge in [0.1, 0.15) is 30.3 Å². The van der Waals surface area contributed by atoms with Gasteiger partial charge in [-0.15, -0.1) is 11.3 Å². The molecule has 35 heavy (non-hydrogen) atoms. The van der Waals surface area contributed by atoms with Crippen LogP contribution in [-0.4, -0.2) is 65.4 Å². The third kappa shape index (κ3) is 7.28. The molecular formula is C24H26O10S. The fourth-order valence-electron chi connectivity index (χ4n) is 3.38. The molecule has 0 aliphatic carbocycles. The predicted molar refractivity (Wildman–Crippen MR) is 124 cm³/mol. The Bertz CT molecular complexity index is 1060. The summed E-state index contributed by atoms with van der Waals surface area (Å²) in [4.78, 5) is 35.5. The molecule has 188 valence electrons. The van der Waals surface area contributed by atoms with Crippen LogP contribution in [-0.2, 0) is 33.3 Å². The first-order valence-electron chi connectivity index (χ1n) is 10.7. The SMILES string of the molecule is CC(=O)OCC1OC(Oc2ccsc2/C=C/c2ccc(O)cc2)C(OC(C)=O)C(OC(C)=O)C1O. The molecule has 0 saturated carbocycles. The third-order valence-electron chi connectivity index (χ3n) is 4.89. The summed E-state index contributed by atoms with van der Waals surface area (Å²) in [6.07, 6.45) is -2.88. The second-order valence-electron chi connectivity index (χ2n) is 7.68. The van der Waals surface area contributed by atoms with E-state index in [1.165, 1.54) is 18.3 Å². The molecule has 3 rings (SSSR count). The molecular weight excluding hydrogens is 480 g/mol. The van der Waals surface area contributed by atoms with E-state index in [9.17, 15) is 24.6 Å². The van der Waals surface area contributed by atoms with Crippen LogP contribution in [0, 0.1) is 0 Å². The Morgan fingerprint density at radius 1 is 0.971 bits per heavy atom. The van der Waals surface area contributed by atoms with Crippen molar-refractivity contribution in [3.05, 3.63) is 46.2 Å². The summed E-state index contributed by atoms with van der Waals surface area (Å²) in [5, 5.41) is 22.0. The molecule has 10 nitrogen and oxygen atoms in total. The zero-order chi connectivity index (χ0) is 25.5. The largest absolute Gasteiger partial charge is 0.508 e. The average molecular weight is 507 g/mol. The summed E-state index contributed by atoms with van der Waals surface area (Å²) in [6, 6.07) is 8.29. The first-order valence-corrected chi connectivity index (χ1v) is 11.5. The molecule has 2 heterocycles. The second-order valence-corrected chi connectivity index (χ2v) is 8.62. The summed E-state index contributed by atoms with van der Waals surface area (Å²) in [7, 11) is 0. The lowest BCUT2D eigenvalue weighted by Gasteiger charge is -2.42. The van der Waals surface area contributed by atoms with Gasteiger partial charge in [-0.05, 0) is 35.2 Å². The van der Waals surface area contributed by atoms with Crippen LogP contribution in [0.3, 0.4) is 0 Å². The van der Waals surface area contributed by atoms with Gasteiger partial charge >= 0.3 is 17.9 Å². The summed E-state index contributed by atoms with van der Waals surface area (Å²) in [5.41, 5.74) is 0.841. The number of aliphatic hydroxyl groups excluding tert-OH is 1. The van der Waals surface area contributed by atoms with Gasteiger partial charge in [-0.1, -0.05) is 18.2 Å². The molecule has 5 unspecified atom stereocenters. The molecule has 5 atom stereocenters. The molecule has 0 spiro atoms. The van der Waals surface area contributed by atoms with Crippen molar-refractivity contribution < 1.29 is 48.3 Å². The Kier molecular flexibility index (Phi) is 8.85. The summed E-state index contributed by atoms with van der Waals surface area (Å²) in [5.74, 6) is -1.47. The molecule has 2 N–H and O–H groups in total. The number of thiophene rings is 1. The number of phenolic OH excluding ortho intramolecular Hbond substituents is 1. The lowest BCUT2D eigenvalue weighted by molar-refractivity contribution is -0.285. The number of hydrogen-bond acceptors (Lipinski definition) is 11. The van der Waals surface area contributed by atoms with Crippen molar-refractivity contribution in [2.24, 2.45) is 0 Å². The first kappa shape index (κ1) is 26.2. The minimum absolute atomic E-state index is 0.154.